The highest BCUT2D eigenvalue weighted by molar-refractivity contribution is 5.85. The maximum absolute atomic E-state index is 12.1. The van der Waals surface area contributed by atoms with Gasteiger partial charge < -0.3 is 10.6 Å². The van der Waals surface area contributed by atoms with E-state index in [-0.39, 0.29) is 24.8 Å². The fourth-order valence-electron chi connectivity index (χ4n) is 2.81. The number of hydrogen-bond acceptors (Lipinski definition) is 3. The van der Waals surface area contributed by atoms with Crippen LogP contribution in [0.25, 0.3) is 0 Å². The van der Waals surface area contributed by atoms with E-state index in [0.717, 1.165) is 52.1 Å². The van der Waals surface area contributed by atoms with Crippen molar-refractivity contribution in [2.24, 2.45) is 11.7 Å². The lowest BCUT2D eigenvalue weighted by Crippen LogP contribution is -2.51. The molecule has 1 saturated heterocycles. The summed E-state index contributed by atoms with van der Waals surface area (Å²) in [5.74, 6) is 0.742. The van der Waals surface area contributed by atoms with Crippen molar-refractivity contribution < 1.29 is 4.79 Å². The standard InChI is InChI=1S/C12H23N3O.2ClH/c13-5-6-14-7-9-15(10-8-14)12(16)11-3-1-2-4-11;;/h11H,1-10,13H2;2*1H. The number of amides is 1. The molecule has 1 heterocycles. The van der Waals surface area contributed by atoms with Crippen molar-refractivity contribution >= 4 is 30.7 Å². The van der Waals surface area contributed by atoms with E-state index >= 15 is 0 Å². The lowest BCUT2D eigenvalue weighted by Gasteiger charge is -2.35. The van der Waals surface area contributed by atoms with Gasteiger partial charge >= 0.3 is 0 Å². The maximum atomic E-state index is 12.1. The first-order valence-corrected chi connectivity index (χ1v) is 6.52. The largest absolute Gasteiger partial charge is 0.340 e. The van der Waals surface area contributed by atoms with Crippen LogP contribution in [0.5, 0.6) is 0 Å². The van der Waals surface area contributed by atoms with Crippen LogP contribution in [0, 0.1) is 5.92 Å². The number of halogens is 2. The molecule has 1 aliphatic carbocycles. The van der Waals surface area contributed by atoms with Crippen LogP contribution in [0.4, 0.5) is 0 Å². The third kappa shape index (κ3) is 4.57. The molecule has 108 valence electrons. The predicted octanol–water partition coefficient (Wildman–Crippen LogP) is 1.12. The van der Waals surface area contributed by atoms with Crippen molar-refractivity contribution in [2.45, 2.75) is 25.7 Å². The van der Waals surface area contributed by atoms with Crippen molar-refractivity contribution in [2.75, 3.05) is 39.3 Å². The molecule has 0 aromatic rings. The smallest absolute Gasteiger partial charge is 0.225 e. The Bertz CT molecular complexity index is 239. The first kappa shape index (κ1) is 18.0. The lowest BCUT2D eigenvalue weighted by molar-refractivity contribution is -0.137. The van der Waals surface area contributed by atoms with Crippen molar-refractivity contribution in [3.63, 3.8) is 0 Å². The molecule has 0 spiro atoms. The monoisotopic (exact) mass is 297 g/mol. The minimum atomic E-state index is 0. The molecule has 0 bridgehead atoms. The molecule has 0 radical (unpaired) electrons. The number of nitrogens with two attached hydrogens (primary N) is 1. The van der Waals surface area contributed by atoms with Gasteiger partial charge in [-0.25, -0.2) is 0 Å². The maximum Gasteiger partial charge on any atom is 0.225 e. The summed E-state index contributed by atoms with van der Waals surface area (Å²) >= 11 is 0. The molecular weight excluding hydrogens is 273 g/mol. The zero-order valence-corrected chi connectivity index (χ0v) is 12.5. The molecule has 2 fully saturated rings. The Hall–Kier alpha value is -0.0300. The van der Waals surface area contributed by atoms with Crippen LogP contribution in [0.15, 0.2) is 0 Å². The average molecular weight is 298 g/mol. The second-order valence-electron chi connectivity index (χ2n) is 4.94. The van der Waals surface area contributed by atoms with Crippen LogP contribution < -0.4 is 5.73 Å². The first-order valence-electron chi connectivity index (χ1n) is 6.52. The lowest BCUT2D eigenvalue weighted by atomic mass is 10.1. The molecule has 2 N–H and O–H groups in total. The van der Waals surface area contributed by atoms with E-state index in [9.17, 15) is 4.79 Å². The number of carbonyl (C=O) groups is 1. The van der Waals surface area contributed by atoms with Crippen molar-refractivity contribution in [3.8, 4) is 0 Å². The van der Waals surface area contributed by atoms with Crippen LogP contribution in [-0.2, 0) is 4.79 Å². The van der Waals surface area contributed by atoms with Gasteiger partial charge in [0.2, 0.25) is 5.91 Å². The van der Waals surface area contributed by atoms with E-state index in [0.29, 0.717) is 11.8 Å². The highest BCUT2D eigenvalue weighted by Crippen LogP contribution is 2.26. The van der Waals surface area contributed by atoms with Gasteiger partial charge in [-0.3, -0.25) is 9.69 Å². The van der Waals surface area contributed by atoms with Gasteiger partial charge in [0.05, 0.1) is 0 Å². The molecule has 1 aliphatic heterocycles. The highest BCUT2D eigenvalue weighted by Gasteiger charge is 2.28. The molecular formula is C12H25Cl2N3O. The summed E-state index contributed by atoms with van der Waals surface area (Å²) in [6, 6.07) is 0. The molecule has 0 unspecified atom stereocenters. The predicted molar refractivity (Wildman–Crippen MR) is 78.5 cm³/mol. The minimum Gasteiger partial charge on any atom is -0.340 e. The third-order valence-corrected chi connectivity index (χ3v) is 3.83. The Morgan fingerprint density at radius 3 is 2.11 bits per heavy atom. The molecule has 6 heteroatoms. The fraction of sp³-hybridized carbons (Fsp3) is 0.917. The van der Waals surface area contributed by atoms with E-state index in [1.807, 2.05) is 0 Å². The number of carbonyl (C=O) groups excluding carboxylic acids is 1. The second kappa shape index (κ2) is 8.97. The molecule has 4 nitrogen and oxygen atoms in total. The van der Waals surface area contributed by atoms with Gasteiger partial charge in [-0.15, -0.1) is 24.8 Å². The van der Waals surface area contributed by atoms with E-state index in [4.69, 9.17) is 5.73 Å². The number of nitrogens with zero attached hydrogens (tertiary/aromatic N) is 2. The minimum absolute atomic E-state index is 0. The van der Waals surface area contributed by atoms with E-state index < -0.39 is 0 Å². The van der Waals surface area contributed by atoms with Crippen molar-refractivity contribution in [1.29, 1.82) is 0 Å². The van der Waals surface area contributed by atoms with Gasteiger partial charge in [0.1, 0.15) is 0 Å². The van der Waals surface area contributed by atoms with Gasteiger partial charge in [0.15, 0.2) is 0 Å². The van der Waals surface area contributed by atoms with E-state index in [1.165, 1.54) is 12.8 Å². The van der Waals surface area contributed by atoms with Crippen LogP contribution in [0.2, 0.25) is 0 Å². The van der Waals surface area contributed by atoms with E-state index in [1.54, 1.807) is 0 Å². The van der Waals surface area contributed by atoms with Gasteiger partial charge in [-0.1, -0.05) is 12.8 Å². The summed E-state index contributed by atoms with van der Waals surface area (Å²) in [5, 5.41) is 0. The number of rotatable bonds is 3. The summed E-state index contributed by atoms with van der Waals surface area (Å²) in [6.07, 6.45) is 4.71. The Labute approximate surface area is 122 Å². The first-order chi connectivity index (χ1) is 7.81. The Balaban J connectivity index is 0.00000144. The molecule has 2 rings (SSSR count). The summed E-state index contributed by atoms with van der Waals surface area (Å²) in [6.45, 7) is 5.47. The van der Waals surface area contributed by atoms with E-state index in [2.05, 4.69) is 9.80 Å². The van der Waals surface area contributed by atoms with Crippen LogP contribution in [0.1, 0.15) is 25.7 Å². The van der Waals surface area contributed by atoms with Crippen molar-refractivity contribution in [1.82, 2.24) is 9.80 Å². The molecule has 1 amide bonds. The Kier molecular flexibility index (Phi) is 8.95. The molecule has 0 aromatic heterocycles. The van der Waals surface area contributed by atoms with Gasteiger partial charge in [-0.05, 0) is 12.8 Å². The third-order valence-electron chi connectivity index (χ3n) is 3.83. The average Bonchev–Trinajstić information content (AvgIpc) is 2.83. The Morgan fingerprint density at radius 1 is 1.06 bits per heavy atom. The fourth-order valence-corrected chi connectivity index (χ4v) is 2.81. The Morgan fingerprint density at radius 2 is 1.61 bits per heavy atom. The van der Waals surface area contributed by atoms with Gasteiger partial charge in [0, 0.05) is 45.2 Å². The summed E-state index contributed by atoms with van der Waals surface area (Å²) < 4.78 is 0. The summed E-state index contributed by atoms with van der Waals surface area (Å²) in [4.78, 5) is 16.6. The normalized spacial score (nSPS) is 21.3. The highest BCUT2D eigenvalue weighted by atomic mass is 35.5. The molecule has 0 aromatic carbocycles. The van der Waals surface area contributed by atoms with Crippen LogP contribution in [-0.4, -0.2) is 55.0 Å². The zero-order chi connectivity index (χ0) is 11.4. The zero-order valence-electron chi connectivity index (χ0n) is 10.8. The second-order valence-corrected chi connectivity index (χ2v) is 4.94. The quantitative estimate of drug-likeness (QED) is 0.849. The topological polar surface area (TPSA) is 49.6 Å². The molecule has 2 aliphatic rings. The van der Waals surface area contributed by atoms with Gasteiger partial charge in [0.25, 0.3) is 0 Å². The molecule has 0 atom stereocenters. The number of hydrogen-bond donors (Lipinski definition) is 1. The van der Waals surface area contributed by atoms with Gasteiger partial charge in [-0.2, -0.15) is 0 Å². The summed E-state index contributed by atoms with van der Waals surface area (Å²) in [7, 11) is 0. The molecule has 1 saturated carbocycles. The van der Waals surface area contributed by atoms with Crippen molar-refractivity contribution in [3.05, 3.63) is 0 Å². The molecule has 18 heavy (non-hydrogen) atoms. The summed E-state index contributed by atoms with van der Waals surface area (Å²) in [5.41, 5.74) is 5.53. The van der Waals surface area contributed by atoms with Crippen LogP contribution in [0.3, 0.4) is 0 Å². The van der Waals surface area contributed by atoms with Crippen LogP contribution >= 0.6 is 24.8 Å². The number of piperazine rings is 1. The SMILES string of the molecule is Cl.Cl.NCCN1CCN(C(=O)C2CCCC2)CC1.